The minimum Gasteiger partial charge on any atom is -1.00 e. The second-order valence-corrected chi connectivity index (χ2v) is 3.13. The molecule has 0 saturated carbocycles. The van der Waals surface area contributed by atoms with Crippen LogP contribution in [0.2, 0.25) is 0 Å². The van der Waals surface area contributed by atoms with E-state index >= 15 is 0 Å². The largest absolute Gasteiger partial charge is 1.00 e. The van der Waals surface area contributed by atoms with Gasteiger partial charge in [0.2, 0.25) is 0 Å². The normalized spacial score (nSPS) is 19.7. The van der Waals surface area contributed by atoms with E-state index < -0.39 is 0 Å². The monoisotopic (exact) mass is 197 g/mol. The summed E-state index contributed by atoms with van der Waals surface area (Å²) in [5.74, 6) is 0.188. The summed E-state index contributed by atoms with van der Waals surface area (Å²) in [6.45, 7) is 0. The third-order valence-corrected chi connectivity index (χ3v) is 2.17. The maximum Gasteiger partial charge on any atom is 1.00 e. The molecule has 0 radical (unpaired) electrons. The maximum absolute atomic E-state index is 11.1. The number of nitrogens with one attached hydrogen (secondary N) is 1. The van der Waals surface area contributed by atoms with E-state index in [2.05, 4.69) is 5.32 Å². The van der Waals surface area contributed by atoms with Crippen LogP contribution < -0.4 is 34.9 Å². The molecule has 0 amide bonds. The van der Waals surface area contributed by atoms with Crippen molar-refractivity contribution in [1.82, 2.24) is 5.32 Å². The van der Waals surface area contributed by atoms with E-state index in [1.807, 2.05) is 30.3 Å². The van der Waals surface area contributed by atoms with Crippen molar-refractivity contribution in [2.24, 2.45) is 0 Å². The molecule has 1 heterocycles. The Morgan fingerprint density at radius 3 is 2.64 bits per heavy atom. The zero-order chi connectivity index (χ0) is 9.10. The molecule has 2 nitrogen and oxygen atoms in total. The van der Waals surface area contributed by atoms with Crippen LogP contribution in [0.5, 0.6) is 0 Å². The first kappa shape index (κ1) is 11.5. The number of carbonyl (C=O) groups is 1. The Kier molecular flexibility index (Phi) is 4.39. The number of allylic oxidation sites excluding steroid dienone is 1. The van der Waals surface area contributed by atoms with Gasteiger partial charge >= 0.3 is 29.6 Å². The van der Waals surface area contributed by atoms with Gasteiger partial charge in [0.1, 0.15) is 0 Å². The zero-order valence-electron chi connectivity index (χ0n) is 9.23. The predicted molar refractivity (Wildman–Crippen MR) is 52.2 cm³/mol. The van der Waals surface area contributed by atoms with E-state index in [1.165, 1.54) is 5.56 Å². The fourth-order valence-corrected chi connectivity index (χ4v) is 1.48. The van der Waals surface area contributed by atoms with Gasteiger partial charge in [-0.3, -0.25) is 4.79 Å². The van der Waals surface area contributed by atoms with Gasteiger partial charge in [-0.05, 0) is 11.6 Å². The Hall–Kier alpha value is -0.570. The van der Waals surface area contributed by atoms with Crippen LogP contribution in [-0.2, 0) is 4.79 Å². The molecule has 0 aliphatic carbocycles. The second-order valence-electron chi connectivity index (χ2n) is 3.13. The average molecular weight is 197 g/mol. The third-order valence-electron chi connectivity index (χ3n) is 2.17. The summed E-state index contributed by atoms with van der Waals surface area (Å²) in [6.07, 6.45) is 3.86. The van der Waals surface area contributed by atoms with Gasteiger partial charge in [-0.15, -0.1) is 0 Å². The molecule has 3 heteroatoms. The second kappa shape index (κ2) is 5.35. The molecule has 0 saturated heterocycles. The Labute approximate surface area is 107 Å². The van der Waals surface area contributed by atoms with Crippen molar-refractivity contribution in [2.75, 3.05) is 0 Å². The minimum absolute atomic E-state index is 0. The number of hydrogen-bond acceptors (Lipinski definition) is 2. The van der Waals surface area contributed by atoms with E-state index in [0.717, 1.165) is 0 Å². The molecular formula is C11H12NNaO. The Bertz CT molecular complexity index is 340. The fraction of sp³-hybridized carbons (Fsp3) is 0.182. The summed E-state index contributed by atoms with van der Waals surface area (Å²) < 4.78 is 0. The average Bonchev–Trinajstić information content (AvgIpc) is 2.19. The molecule has 68 valence electrons. The Balaban J connectivity index is 0.000000980. The van der Waals surface area contributed by atoms with Crippen LogP contribution >= 0.6 is 0 Å². The van der Waals surface area contributed by atoms with E-state index in [9.17, 15) is 4.79 Å². The molecule has 1 aliphatic heterocycles. The van der Waals surface area contributed by atoms with Crippen LogP contribution in [0.1, 0.15) is 19.5 Å². The van der Waals surface area contributed by atoms with Gasteiger partial charge in [0, 0.05) is 12.6 Å². The van der Waals surface area contributed by atoms with Gasteiger partial charge in [-0.1, -0.05) is 30.3 Å². The van der Waals surface area contributed by atoms with Crippen LogP contribution in [0, 0.1) is 0 Å². The van der Waals surface area contributed by atoms with Gasteiger partial charge in [-0.25, -0.2) is 0 Å². The molecule has 1 unspecified atom stereocenters. The number of ketones is 1. The molecule has 0 bridgehead atoms. The quantitative estimate of drug-likeness (QED) is 0.580. The van der Waals surface area contributed by atoms with Crippen molar-refractivity contribution in [3.63, 3.8) is 0 Å². The standard InChI is InChI=1S/C11H11NO.Na.H/c13-10-6-7-12-11(8-10)9-4-2-1-3-5-9;;/h1-7,11-12H,8H2;;/q;+1;-1. The first-order valence-electron chi connectivity index (χ1n) is 4.36. The van der Waals surface area contributed by atoms with Gasteiger partial charge in [0.15, 0.2) is 5.78 Å². The maximum atomic E-state index is 11.1. The summed E-state index contributed by atoms with van der Waals surface area (Å²) in [5.41, 5.74) is 1.17. The van der Waals surface area contributed by atoms with Gasteiger partial charge in [-0.2, -0.15) is 0 Å². The van der Waals surface area contributed by atoms with Crippen molar-refractivity contribution >= 4 is 5.78 Å². The van der Waals surface area contributed by atoms with Crippen molar-refractivity contribution in [2.45, 2.75) is 12.5 Å². The molecule has 2 rings (SSSR count). The van der Waals surface area contributed by atoms with Crippen LogP contribution in [-0.4, -0.2) is 5.78 Å². The van der Waals surface area contributed by atoms with E-state index in [0.29, 0.717) is 6.42 Å². The van der Waals surface area contributed by atoms with Gasteiger partial charge < -0.3 is 6.74 Å². The predicted octanol–water partition coefficient (Wildman–Crippen LogP) is -1.08. The molecule has 0 aromatic heterocycles. The summed E-state index contributed by atoms with van der Waals surface area (Å²) in [6, 6.07) is 10.2. The van der Waals surface area contributed by atoms with Crippen molar-refractivity contribution in [3.05, 3.63) is 48.2 Å². The van der Waals surface area contributed by atoms with Crippen molar-refractivity contribution in [3.8, 4) is 0 Å². The van der Waals surface area contributed by atoms with E-state index in [-0.39, 0.29) is 42.8 Å². The molecule has 1 N–H and O–H groups in total. The van der Waals surface area contributed by atoms with E-state index in [1.54, 1.807) is 12.3 Å². The number of carbonyl (C=O) groups excluding carboxylic acids is 1. The van der Waals surface area contributed by atoms with Crippen LogP contribution in [0.15, 0.2) is 42.6 Å². The minimum atomic E-state index is 0. The van der Waals surface area contributed by atoms with Gasteiger partial charge in [0.25, 0.3) is 0 Å². The molecule has 1 aromatic rings. The third kappa shape index (κ3) is 2.71. The molecule has 1 aromatic carbocycles. The number of rotatable bonds is 1. The first-order chi connectivity index (χ1) is 6.36. The zero-order valence-corrected chi connectivity index (χ0v) is 10.2. The Morgan fingerprint density at radius 1 is 1.29 bits per heavy atom. The van der Waals surface area contributed by atoms with Crippen molar-refractivity contribution < 1.29 is 35.8 Å². The van der Waals surface area contributed by atoms with Crippen LogP contribution in [0.25, 0.3) is 0 Å². The molecule has 14 heavy (non-hydrogen) atoms. The van der Waals surface area contributed by atoms with Crippen molar-refractivity contribution in [1.29, 1.82) is 0 Å². The summed E-state index contributed by atoms with van der Waals surface area (Å²) in [5, 5.41) is 3.16. The van der Waals surface area contributed by atoms with Crippen LogP contribution in [0.3, 0.4) is 0 Å². The SMILES string of the molecule is O=C1C=CNC(c2ccccc2)C1.[H-].[Na+]. The Morgan fingerprint density at radius 2 is 2.00 bits per heavy atom. The number of hydrogen-bond donors (Lipinski definition) is 1. The first-order valence-corrected chi connectivity index (χ1v) is 4.36. The molecular weight excluding hydrogens is 185 g/mol. The van der Waals surface area contributed by atoms with Gasteiger partial charge in [0.05, 0.1) is 6.04 Å². The van der Waals surface area contributed by atoms with Crippen LogP contribution in [0.4, 0.5) is 0 Å². The molecule has 1 atom stereocenters. The fourth-order valence-electron chi connectivity index (χ4n) is 1.48. The molecule has 0 spiro atoms. The smallest absolute Gasteiger partial charge is 1.00 e. The van der Waals surface area contributed by atoms with E-state index in [4.69, 9.17) is 0 Å². The summed E-state index contributed by atoms with van der Waals surface area (Å²) in [4.78, 5) is 11.1. The number of benzene rings is 1. The molecule has 1 aliphatic rings. The summed E-state index contributed by atoms with van der Waals surface area (Å²) in [7, 11) is 0. The summed E-state index contributed by atoms with van der Waals surface area (Å²) >= 11 is 0. The topological polar surface area (TPSA) is 29.1 Å². The molecule has 0 fully saturated rings.